The summed E-state index contributed by atoms with van der Waals surface area (Å²) in [6.45, 7) is 4.15. The van der Waals surface area contributed by atoms with Gasteiger partial charge >= 0.3 is 0 Å². The van der Waals surface area contributed by atoms with Crippen molar-refractivity contribution in [1.82, 2.24) is 5.32 Å². The van der Waals surface area contributed by atoms with Gasteiger partial charge in [0.2, 0.25) is 5.91 Å². The van der Waals surface area contributed by atoms with Crippen LogP contribution in [0.15, 0.2) is 54.6 Å². The number of hydrogen-bond donors (Lipinski definition) is 2. The van der Waals surface area contributed by atoms with E-state index in [0.717, 1.165) is 24.2 Å². The summed E-state index contributed by atoms with van der Waals surface area (Å²) in [7, 11) is 0. The van der Waals surface area contributed by atoms with E-state index in [1.165, 1.54) is 5.69 Å². The Morgan fingerprint density at radius 2 is 1.67 bits per heavy atom. The molecule has 0 unspecified atom stereocenters. The maximum Gasteiger partial charge on any atom is 0.220 e. The fourth-order valence-electron chi connectivity index (χ4n) is 2.47. The number of nitrogens with zero attached hydrogens (tertiary/aromatic N) is 1. The number of carbonyl (C=O) groups is 1. The van der Waals surface area contributed by atoms with Crippen molar-refractivity contribution in [3.63, 3.8) is 0 Å². The summed E-state index contributed by atoms with van der Waals surface area (Å²) < 4.78 is 0. The SMILES string of the molecule is CCN(c1ccccc1)c1ccc(CNC(=O)CCCN)cc1.Cl. The van der Waals surface area contributed by atoms with Crippen molar-refractivity contribution in [2.75, 3.05) is 18.0 Å². The van der Waals surface area contributed by atoms with Crippen molar-refractivity contribution in [3.05, 3.63) is 60.2 Å². The highest BCUT2D eigenvalue weighted by atomic mass is 35.5. The maximum absolute atomic E-state index is 11.6. The Balaban J connectivity index is 0.00000288. The van der Waals surface area contributed by atoms with Gasteiger partial charge in [-0.1, -0.05) is 30.3 Å². The zero-order valence-electron chi connectivity index (χ0n) is 14.1. The predicted molar refractivity (Wildman–Crippen MR) is 103 cm³/mol. The van der Waals surface area contributed by atoms with Crippen molar-refractivity contribution >= 4 is 29.7 Å². The standard InChI is InChI=1S/C19H25N3O.ClH/c1-2-22(17-7-4-3-5-8-17)18-12-10-16(11-13-18)15-21-19(23)9-6-14-20;/h3-5,7-8,10-13H,2,6,9,14-15,20H2,1H3,(H,21,23);1H. The molecule has 1 amide bonds. The molecule has 0 aliphatic heterocycles. The third kappa shape index (κ3) is 5.87. The molecule has 5 heteroatoms. The molecule has 0 radical (unpaired) electrons. The number of carbonyl (C=O) groups excluding carboxylic acids is 1. The molecule has 0 aliphatic carbocycles. The Bertz CT molecular complexity index is 602. The minimum absolute atomic E-state index is 0. The molecule has 2 aromatic rings. The van der Waals surface area contributed by atoms with E-state index in [0.29, 0.717) is 19.5 Å². The van der Waals surface area contributed by atoms with Gasteiger partial charge in [0, 0.05) is 30.9 Å². The van der Waals surface area contributed by atoms with Crippen molar-refractivity contribution in [1.29, 1.82) is 0 Å². The Labute approximate surface area is 150 Å². The molecule has 0 heterocycles. The number of amides is 1. The third-order valence-electron chi connectivity index (χ3n) is 3.73. The van der Waals surface area contributed by atoms with Crippen LogP contribution in [0.2, 0.25) is 0 Å². The van der Waals surface area contributed by atoms with E-state index in [9.17, 15) is 4.79 Å². The molecule has 130 valence electrons. The zero-order chi connectivity index (χ0) is 16.5. The lowest BCUT2D eigenvalue weighted by Gasteiger charge is -2.23. The van der Waals surface area contributed by atoms with E-state index in [1.807, 2.05) is 18.2 Å². The highest BCUT2D eigenvalue weighted by molar-refractivity contribution is 5.85. The molecule has 0 aliphatic rings. The lowest BCUT2D eigenvalue weighted by Crippen LogP contribution is -2.23. The van der Waals surface area contributed by atoms with Crippen LogP contribution in [0.3, 0.4) is 0 Å². The topological polar surface area (TPSA) is 58.4 Å². The quantitative estimate of drug-likeness (QED) is 0.766. The van der Waals surface area contributed by atoms with Crippen LogP contribution in [0.5, 0.6) is 0 Å². The van der Waals surface area contributed by atoms with Gasteiger partial charge in [0.15, 0.2) is 0 Å². The van der Waals surface area contributed by atoms with Crippen LogP contribution in [-0.2, 0) is 11.3 Å². The number of nitrogens with two attached hydrogens (primary N) is 1. The Morgan fingerprint density at radius 3 is 2.25 bits per heavy atom. The van der Waals surface area contributed by atoms with Crippen LogP contribution in [0.25, 0.3) is 0 Å². The lowest BCUT2D eigenvalue weighted by atomic mass is 10.1. The first kappa shape index (κ1) is 20.0. The molecule has 0 saturated heterocycles. The molecule has 2 aromatic carbocycles. The summed E-state index contributed by atoms with van der Waals surface area (Å²) in [4.78, 5) is 13.9. The van der Waals surface area contributed by atoms with Gasteiger partial charge in [-0.05, 0) is 49.7 Å². The van der Waals surface area contributed by atoms with E-state index in [-0.39, 0.29) is 18.3 Å². The number of anilines is 2. The molecule has 0 bridgehead atoms. The molecular formula is C19H26ClN3O. The van der Waals surface area contributed by atoms with E-state index in [1.54, 1.807) is 0 Å². The summed E-state index contributed by atoms with van der Waals surface area (Å²) in [5.74, 6) is 0.0546. The molecule has 0 atom stereocenters. The molecule has 24 heavy (non-hydrogen) atoms. The van der Waals surface area contributed by atoms with Gasteiger partial charge in [-0.15, -0.1) is 12.4 Å². The van der Waals surface area contributed by atoms with Crippen LogP contribution in [-0.4, -0.2) is 19.0 Å². The summed E-state index contributed by atoms with van der Waals surface area (Å²) in [6, 6.07) is 18.6. The van der Waals surface area contributed by atoms with Crippen LogP contribution in [0.4, 0.5) is 11.4 Å². The van der Waals surface area contributed by atoms with E-state index >= 15 is 0 Å². The van der Waals surface area contributed by atoms with E-state index in [2.05, 4.69) is 53.5 Å². The van der Waals surface area contributed by atoms with Crippen molar-refractivity contribution in [2.45, 2.75) is 26.3 Å². The van der Waals surface area contributed by atoms with Gasteiger partial charge in [0.1, 0.15) is 0 Å². The smallest absolute Gasteiger partial charge is 0.220 e. The first-order valence-corrected chi connectivity index (χ1v) is 8.13. The highest BCUT2D eigenvalue weighted by Crippen LogP contribution is 2.24. The van der Waals surface area contributed by atoms with E-state index in [4.69, 9.17) is 5.73 Å². The molecule has 2 rings (SSSR count). The number of rotatable bonds is 8. The monoisotopic (exact) mass is 347 g/mol. The second-order valence-corrected chi connectivity index (χ2v) is 5.42. The first-order valence-electron chi connectivity index (χ1n) is 8.13. The fraction of sp³-hybridized carbons (Fsp3) is 0.316. The Hall–Kier alpha value is -2.04. The van der Waals surface area contributed by atoms with Crippen molar-refractivity contribution in [2.24, 2.45) is 5.73 Å². The van der Waals surface area contributed by atoms with Crippen LogP contribution in [0, 0.1) is 0 Å². The number of benzene rings is 2. The van der Waals surface area contributed by atoms with Crippen molar-refractivity contribution < 1.29 is 4.79 Å². The van der Waals surface area contributed by atoms with Crippen LogP contribution in [0.1, 0.15) is 25.3 Å². The number of nitrogens with one attached hydrogen (secondary N) is 1. The molecule has 0 fully saturated rings. The summed E-state index contributed by atoms with van der Waals surface area (Å²) in [5, 5.41) is 2.92. The molecule has 0 aromatic heterocycles. The largest absolute Gasteiger partial charge is 0.352 e. The molecule has 3 N–H and O–H groups in total. The van der Waals surface area contributed by atoms with E-state index < -0.39 is 0 Å². The maximum atomic E-state index is 11.6. The zero-order valence-corrected chi connectivity index (χ0v) is 14.9. The molecular weight excluding hydrogens is 322 g/mol. The Kier molecular flexibility index (Phi) is 8.90. The Morgan fingerprint density at radius 1 is 1.04 bits per heavy atom. The highest BCUT2D eigenvalue weighted by Gasteiger charge is 2.07. The van der Waals surface area contributed by atoms with Gasteiger partial charge in [-0.3, -0.25) is 4.79 Å². The average molecular weight is 348 g/mol. The average Bonchev–Trinajstić information content (AvgIpc) is 2.61. The van der Waals surface area contributed by atoms with Crippen LogP contribution < -0.4 is 16.0 Å². The normalized spacial score (nSPS) is 9.92. The van der Waals surface area contributed by atoms with Crippen molar-refractivity contribution in [3.8, 4) is 0 Å². The molecule has 4 nitrogen and oxygen atoms in total. The minimum Gasteiger partial charge on any atom is -0.352 e. The van der Waals surface area contributed by atoms with Gasteiger partial charge in [-0.2, -0.15) is 0 Å². The second kappa shape index (κ2) is 10.7. The van der Waals surface area contributed by atoms with Gasteiger partial charge in [0.05, 0.1) is 0 Å². The van der Waals surface area contributed by atoms with Gasteiger partial charge in [0.25, 0.3) is 0 Å². The third-order valence-corrected chi connectivity index (χ3v) is 3.73. The lowest BCUT2D eigenvalue weighted by molar-refractivity contribution is -0.121. The van der Waals surface area contributed by atoms with Crippen LogP contribution >= 0.6 is 12.4 Å². The number of halogens is 1. The minimum atomic E-state index is 0. The molecule has 0 saturated carbocycles. The predicted octanol–water partition coefficient (Wildman–Crippen LogP) is 3.62. The molecule has 0 spiro atoms. The fourth-order valence-corrected chi connectivity index (χ4v) is 2.47. The summed E-state index contributed by atoms with van der Waals surface area (Å²) >= 11 is 0. The number of para-hydroxylation sites is 1. The second-order valence-electron chi connectivity index (χ2n) is 5.42. The number of hydrogen-bond acceptors (Lipinski definition) is 3. The van der Waals surface area contributed by atoms with Gasteiger partial charge in [-0.25, -0.2) is 0 Å². The van der Waals surface area contributed by atoms with Gasteiger partial charge < -0.3 is 16.0 Å². The summed E-state index contributed by atoms with van der Waals surface area (Å²) in [6.07, 6.45) is 1.22. The summed E-state index contributed by atoms with van der Waals surface area (Å²) in [5.41, 5.74) is 8.83. The first-order chi connectivity index (χ1) is 11.2.